The van der Waals surface area contributed by atoms with Crippen LogP contribution < -0.4 is 11.1 Å². The Kier molecular flexibility index (Phi) is 2.91. The monoisotopic (exact) mass is 221 g/mol. The minimum absolute atomic E-state index is 0.289. The summed E-state index contributed by atoms with van der Waals surface area (Å²) in [4.78, 5) is 4.09. The molecule has 2 aromatic rings. The first-order chi connectivity index (χ1) is 7.72. The Balaban J connectivity index is 2.29. The molecule has 0 aromatic carbocycles. The molecule has 0 unspecified atom stereocenters. The topological polar surface area (TPSA) is 77.5 Å². The summed E-state index contributed by atoms with van der Waals surface area (Å²) in [6.45, 7) is 3.39. The zero-order chi connectivity index (χ0) is 11.5. The summed E-state index contributed by atoms with van der Waals surface area (Å²) in [6, 6.07) is 3.85. The highest BCUT2D eigenvalue weighted by atomic mass is 16.5. The number of fused-ring (bicyclic) bond motifs is 1. The van der Waals surface area contributed by atoms with Crippen molar-refractivity contribution in [3.05, 3.63) is 17.8 Å². The molecule has 0 saturated carbocycles. The van der Waals surface area contributed by atoms with Gasteiger partial charge in [0.25, 0.3) is 0 Å². The molecule has 16 heavy (non-hydrogen) atoms. The number of methoxy groups -OCH3 is 1. The van der Waals surface area contributed by atoms with E-state index in [9.17, 15) is 0 Å². The van der Waals surface area contributed by atoms with Crippen LogP contribution in [0.4, 0.5) is 11.6 Å². The summed E-state index contributed by atoms with van der Waals surface area (Å²) >= 11 is 0. The molecule has 6 heteroatoms. The molecule has 0 saturated heterocycles. The molecule has 2 aromatic heterocycles. The van der Waals surface area contributed by atoms with Gasteiger partial charge in [0, 0.05) is 13.7 Å². The fourth-order valence-corrected chi connectivity index (χ4v) is 1.56. The van der Waals surface area contributed by atoms with Gasteiger partial charge in [-0.3, -0.25) is 0 Å². The minimum Gasteiger partial charge on any atom is -0.383 e. The third kappa shape index (κ3) is 1.92. The van der Waals surface area contributed by atoms with Crippen molar-refractivity contribution in [2.75, 3.05) is 31.3 Å². The zero-order valence-corrected chi connectivity index (χ0v) is 9.40. The van der Waals surface area contributed by atoms with Gasteiger partial charge in [0.15, 0.2) is 5.65 Å². The Bertz CT molecular complexity index is 493. The molecule has 0 aliphatic rings. The standard InChI is InChI=1S/C10H15N5O/c1-7-8(12-5-6-16-2)3-4-9-13-10(11)14-15(7)9/h3-4,12H,5-6H2,1-2H3,(H2,11,14). The highest BCUT2D eigenvalue weighted by Crippen LogP contribution is 2.16. The van der Waals surface area contributed by atoms with Crippen molar-refractivity contribution in [3.8, 4) is 0 Å². The molecule has 2 heterocycles. The van der Waals surface area contributed by atoms with E-state index in [2.05, 4.69) is 15.4 Å². The van der Waals surface area contributed by atoms with Crippen LogP contribution in [0.25, 0.3) is 5.65 Å². The lowest BCUT2D eigenvalue weighted by atomic mass is 10.3. The van der Waals surface area contributed by atoms with E-state index in [0.717, 1.165) is 23.6 Å². The van der Waals surface area contributed by atoms with Crippen LogP contribution in [-0.4, -0.2) is 34.9 Å². The summed E-state index contributed by atoms with van der Waals surface area (Å²) in [7, 11) is 1.68. The molecular formula is C10H15N5O. The molecular weight excluding hydrogens is 206 g/mol. The summed E-state index contributed by atoms with van der Waals surface area (Å²) in [5, 5.41) is 7.37. The van der Waals surface area contributed by atoms with Gasteiger partial charge in [-0.05, 0) is 19.1 Å². The Morgan fingerprint density at radius 2 is 2.31 bits per heavy atom. The lowest BCUT2D eigenvalue weighted by Gasteiger charge is -2.09. The summed E-state index contributed by atoms with van der Waals surface area (Å²) in [5.74, 6) is 0.289. The van der Waals surface area contributed by atoms with E-state index in [4.69, 9.17) is 10.5 Å². The van der Waals surface area contributed by atoms with E-state index in [0.29, 0.717) is 6.61 Å². The van der Waals surface area contributed by atoms with Crippen molar-refractivity contribution < 1.29 is 4.74 Å². The number of nitrogens with zero attached hydrogens (tertiary/aromatic N) is 3. The molecule has 0 amide bonds. The Morgan fingerprint density at radius 3 is 3.06 bits per heavy atom. The quantitative estimate of drug-likeness (QED) is 0.742. The van der Waals surface area contributed by atoms with Crippen molar-refractivity contribution in [3.63, 3.8) is 0 Å². The Morgan fingerprint density at radius 1 is 1.50 bits per heavy atom. The number of anilines is 2. The maximum Gasteiger partial charge on any atom is 0.240 e. The van der Waals surface area contributed by atoms with Gasteiger partial charge in [-0.2, -0.15) is 4.98 Å². The van der Waals surface area contributed by atoms with Crippen molar-refractivity contribution in [1.29, 1.82) is 0 Å². The van der Waals surface area contributed by atoms with Crippen molar-refractivity contribution in [1.82, 2.24) is 14.6 Å². The minimum atomic E-state index is 0.289. The second-order valence-electron chi connectivity index (χ2n) is 3.49. The Hall–Kier alpha value is -1.82. The lowest BCUT2D eigenvalue weighted by molar-refractivity contribution is 0.211. The van der Waals surface area contributed by atoms with E-state index in [1.165, 1.54) is 0 Å². The van der Waals surface area contributed by atoms with Crippen molar-refractivity contribution in [2.45, 2.75) is 6.92 Å². The van der Waals surface area contributed by atoms with E-state index < -0.39 is 0 Å². The molecule has 0 aliphatic heterocycles. The fourth-order valence-electron chi connectivity index (χ4n) is 1.56. The van der Waals surface area contributed by atoms with Crippen molar-refractivity contribution >= 4 is 17.3 Å². The van der Waals surface area contributed by atoms with E-state index in [1.807, 2.05) is 19.1 Å². The van der Waals surface area contributed by atoms with Crippen LogP contribution in [0.1, 0.15) is 5.69 Å². The highest BCUT2D eigenvalue weighted by Gasteiger charge is 2.06. The predicted octanol–water partition coefficient (Wildman–Crippen LogP) is 0.678. The molecule has 0 spiro atoms. The number of rotatable bonds is 4. The van der Waals surface area contributed by atoms with Crippen LogP contribution in [0.3, 0.4) is 0 Å². The van der Waals surface area contributed by atoms with Crippen LogP contribution in [0.2, 0.25) is 0 Å². The van der Waals surface area contributed by atoms with Gasteiger partial charge in [0.05, 0.1) is 18.0 Å². The summed E-state index contributed by atoms with van der Waals surface area (Å²) < 4.78 is 6.70. The molecule has 86 valence electrons. The molecule has 2 rings (SSSR count). The number of nitrogens with one attached hydrogen (secondary N) is 1. The molecule has 3 N–H and O–H groups in total. The number of ether oxygens (including phenoxy) is 1. The summed E-state index contributed by atoms with van der Waals surface area (Å²) in [5.41, 5.74) is 8.30. The van der Waals surface area contributed by atoms with Crippen LogP contribution in [0, 0.1) is 6.92 Å². The van der Waals surface area contributed by atoms with Crippen LogP contribution in [0.15, 0.2) is 12.1 Å². The molecule has 0 bridgehead atoms. The normalized spacial score (nSPS) is 10.9. The van der Waals surface area contributed by atoms with E-state index in [1.54, 1.807) is 11.6 Å². The largest absolute Gasteiger partial charge is 0.383 e. The lowest BCUT2D eigenvalue weighted by Crippen LogP contribution is -2.10. The second kappa shape index (κ2) is 4.36. The number of hydrogen-bond donors (Lipinski definition) is 2. The molecule has 0 radical (unpaired) electrons. The number of hydrogen-bond acceptors (Lipinski definition) is 5. The summed E-state index contributed by atoms with van der Waals surface area (Å²) in [6.07, 6.45) is 0. The van der Waals surface area contributed by atoms with Crippen LogP contribution in [0.5, 0.6) is 0 Å². The number of nitrogens with two attached hydrogens (primary N) is 1. The number of aromatic nitrogens is 3. The number of nitrogen functional groups attached to an aromatic ring is 1. The maximum atomic E-state index is 5.55. The smallest absolute Gasteiger partial charge is 0.240 e. The van der Waals surface area contributed by atoms with Crippen molar-refractivity contribution in [2.24, 2.45) is 0 Å². The van der Waals surface area contributed by atoms with E-state index >= 15 is 0 Å². The maximum absolute atomic E-state index is 5.55. The molecule has 0 atom stereocenters. The van der Waals surface area contributed by atoms with Gasteiger partial charge in [0.1, 0.15) is 0 Å². The second-order valence-corrected chi connectivity index (χ2v) is 3.49. The SMILES string of the molecule is COCCNc1ccc2nc(N)nn2c1C. The molecule has 0 aliphatic carbocycles. The van der Waals surface area contributed by atoms with Gasteiger partial charge < -0.3 is 15.8 Å². The van der Waals surface area contributed by atoms with Gasteiger partial charge in [-0.1, -0.05) is 0 Å². The first kappa shape index (κ1) is 10.7. The average Bonchev–Trinajstić information content (AvgIpc) is 2.64. The van der Waals surface area contributed by atoms with Crippen LogP contribution in [-0.2, 0) is 4.74 Å². The Labute approximate surface area is 93.4 Å². The van der Waals surface area contributed by atoms with Gasteiger partial charge in [-0.25, -0.2) is 4.52 Å². The van der Waals surface area contributed by atoms with E-state index in [-0.39, 0.29) is 5.95 Å². The highest BCUT2D eigenvalue weighted by molar-refractivity contribution is 5.55. The van der Waals surface area contributed by atoms with Gasteiger partial charge in [0.2, 0.25) is 5.95 Å². The van der Waals surface area contributed by atoms with Crippen LogP contribution >= 0.6 is 0 Å². The third-order valence-electron chi connectivity index (χ3n) is 2.38. The first-order valence-electron chi connectivity index (χ1n) is 5.07. The number of pyridine rings is 1. The van der Waals surface area contributed by atoms with Gasteiger partial charge in [-0.15, -0.1) is 5.10 Å². The first-order valence-corrected chi connectivity index (χ1v) is 5.07. The molecule has 0 fully saturated rings. The molecule has 6 nitrogen and oxygen atoms in total. The predicted molar refractivity (Wildman–Crippen MR) is 62.5 cm³/mol. The zero-order valence-electron chi connectivity index (χ0n) is 9.40. The third-order valence-corrected chi connectivity index (χ3v) is 2.38. The number of aryl methyl sites for hydroxylation is 1. The fraction of sp³-hybridized carbons (Fsp3) is 0.400. The average molecular weight is 221 g/mol. The van der Waals surface area contributed by atoms with Gasteiger partial charge >= 0.3 is 0 Å².